The Morgan fingerprint density at radius 2 is 1.92 bits per heavy atom. The first-order valence-electron chi connectivity index (χ1n) is 6.61. The molecule has 0 spiro atoms. The molecule has 13 heteroatoms. The van der Waals surface area contributed by atoms with Gasteiger partial charge < -0.3 is 30.0 Å². The molecular formula is C12H16F3N5O5. The van der Waals surface area contributed by atoms with E-state index in [0.717, 1.165) is 0 Å². The highest BCUT2D eigenvalue weighted by atomic mass is 19.4. The Hall–Kier alpha value is -2.83. The fourth-order valence-corrected chi connectivity index (χ4v) is 1.47. The number of fused-ring (bicyclic) bond motifs is 1. The second kappa shape index (κ2) is 8.32. The topological polar surface area (TPSA) is 145 Å². The fourth-order valence-electron chi connectivity index (χ4n) is 1.47. The van der Waals surface area contributed by atoms with E-state index >= 15 is 0 Å². The number of halogens is 3. The molecule has 1 atom stereocenters. The number of carboxylic acid groups (broad SMARTS) is 1. The van der Waals surface area contributed by atoms with Crippen molar-refractivity contribution in [2.75, 3.05) is 26.6 Å². The van der Waals surface area contributed by atoms with Crippen LogP contribution < -0.4 is 15.2 Å². The number of carbonyl (C=O) groups is 1. The highest BCUT2D eigenvalue weighted by Crippen LogP contribution is 2.21. The van der Waals surface area contributed by atoms with Crippen LogP contribution >= 0.6 is 0 Å². The Balaban J connectivity index is 0.000000381. The number of anilines is 1. The number of nitrogens with zero attached hydrogens (tertiary/aromatic N) is 3. The Kier molecular flexibility index (Phi) is 6.73. The van der Waals surface area contributed by atoms with Gasteiger partial charge in [0.05, 0.1) is 13.7 Å². The van der Waals surface area contributed by atoms with Crippen LogP contribution in [0.15, 0.2) is 0 Å². The third-order valence-electron chi connectivity index (χ3n) is 2.48. The van der Waals surface area contributed by atoms with Crippen LogP contribution in [0.4, 0.5) is 19.0 Å². The van der Waals surface area contributed by atoms with Crippen molar-refractivity contribution in [2.45, 2.75) is 19.2 Å². The summed E-state index contributed by atoms with van der Waals surface area (Å²) in [7, 11) is 3.09. The third-order valence-corrected chi connectivity index (χ3v) is 2.48. The van der Waals surface area contributed by atoms with E-state index in [9.17, 15) is 13.2 Å². The molecule has 2 heterocycles. The number of hydrogen-bond acceptors (Lipinski definition) is 8. The number of nitrogens with one attached hydrogen (secondary N) is 1. The molecule has 0 aliphatic heterocycles. The molecule has 140 valence electrons. The Labute approximate surface area is 139 Å². The normalized spacial score (nSPS) is 12.2. The molecule has 0 aliphatic rings. The van der Waals surface area contributed by atoms with Crippen LogP contribution in [-0.2, 0) is 9.53 Å². The highest BCUT2D eigenvalue weighted by molar-refractivity contribution is 5.82. The van der Waals surface area contributed by atoms with Gasteiger partial charge in [-0.1, -0.05) is 0 Å². The zero-order valence-electron chi connectivity index (χ0n) is 13.4. The minimum atomic E-state index is -5.08. The number of rotatable bonds is 5. The van der Waals surface area contributed by atoms with E-state index in [2.05, 4.69) is 19.9 Å². The van der Waals surface area contributed by atoms with E-state index < -0.39 is 12.1 Å². The van der Waals surface area contributed by atoms with E-state index in [1.54, 1.807) is 7.11 Å². The number of hydrogen-bond donors (Lipinski definition) is 3. The van der Waals surface area contributed by atoms with E-state index in [1.165, 1.54) is 7.11 Å². The molecule has 0 aromatic carbocycles. The lowest BCUT2D eigenvalue weighted by Crippen LogP contribution is -2.21. The van der Waals surface area contributed by atoms with Crippen molar-refractivity contribution in [1.29, 1.82) is 0 Å². The molecule has 0 radical (unpaired) electrons. The number of nitrogens with two attached hydrogens (primary N) is 1. The summed E-state index contributed by atoms with van der Waals surface area (Å²) in [6.45, 7) is 2.28. The van der Waals surface area contributed by atoms with Crippen LogP contribution in [0.2, 0.25) is 0 Å². The van der Waals surface area contributed by atoms with Gasteiger partial charge >= 0.3 is 18.2 Å². The van der Waals surface area contributed by atoms with E-state index in [1.807, 2.05) is 6.92 Å². The summed E-state index contributed by atoms with van der Waals surface area (Å²) in [5.74, 6) is -2.50. The molecular weight excluding hydrogens is 351 g/mol. The van der Waals surface area contributed by atoms with Gasteiger partial charge in [-0.2, -0.15) is 28.1 Å². The average molecular weight is 367 g/mol. The van der Waals surface area contributed by atoms with Crippen molar-refractivity contribution < 1.29 is 37.3 Å². The van der Waals surface area contributed by atoms with Gasteiger partial charge in [0.15, 0.2) is 11.5 Å². The predicted octanol–water partition coefficient (Wildman–Crippen LogP) is 0.991. The summed E-state index contributed by atoms with van der Waals surface area (Å²) in [4.78, 5) is 24.0. The van der Waals surface area contributed by atoms with Crippen LogP contribution in [-0.4, -0.2) is 64.1 Å². The van der Waals surface area contributed by atoms with Gasteiger partial charge in [-0.15, -0.1) is 0 Å². The quantitative estimate of drug-likeness (QED) is 0.704. The molecule has 0 fully saturated rings. The Morgan fingerprint density at radius 3 is 2.40 bits per heavy atom. The zero-order valence-corrected chi connectivity index (χ0v) is 13.4. The lowest BCUT2D eigenvalue weighted by molar-refractivity contribution is -0.192. The highest BCUT2D eigenvalue weighted by Gasteiger charge is 2.38. The maximum atomic E-state index is 10.6. The molecule has 0 bridgehead atoms. The molecule has 2 aromatic rings. The monoisotopic (exact) mass is 367 g/mol. The van der Waals surface area contributed by atoms with Crippen molar-refractivity contribution in [3.63, 3.8) is 0 Å². The van der Waals surface area contributed by atoms with Gasteiger partial charge in [-0.05, 0) is 6.92 Å². The molecule has 0 aliphatic carbocycles. The maximum Gasteiger partial charge on any atom is 0.490 e. The molecule has 0 saturated carbocycles. The lowest BCUT2D eigenvalue weighted by Gasteiger charge is -2.11. The number of H-pyrrole nitrogens is 1. The molecule has 25 heavy (non-hydrogen) atoms. The summed E-state index contributed by atoms with van der Waals surface area (Å²) < 4.78 is 47.1. The fraction of sp³-hybridized carbons (Fsp3) is 0.500. The lowest BCUT2D eigenvalue weighted by atomic mass is 10.4. The van der Waals surface area contributed by atoms with Gasteiger partial charge in [-0.25, -0.2) is 4.79 Å². The number of imidazole rings is 1. The first-order valence-corrected chi connectivity index (χ1v) is 6.61. The van der Waals surface area contributed by atoms with Gasteiger partial charge in [-0.3, -0.25) is 0 Å². The van der Waals surface area contributed by atoms with Crippen molar-refractivity contribution in [3.8, 4) is 12.0 Å². The number of carboxylic acids is 1. The third kappa shape index (κ3) is 5.95. The minimum absolute atomic E-state index is 0.165. The van der Waals surface area contributed by atoms with Crippen LogP contribution in [0, 0.1) is 0 Å². The van der Waals surface area contributed by atoms with E-state index in [0.29, 0.717) is 23.8 Å². The number of methoxy groups -OCH3 is 2. The number of aromatic nitrogens is 4. The van der Waals surface area contributed by atoms with Crippen LogP contribution in [0.5, 0.6) is 12.0 Å². The second-order valence-electron chi connectivity index (χ2n) is 4.52. The maximum absolute atomic E-state index is 10.6. The zero-order chi connectivity index (χ0) is 19.2. The van der Waals surface area contributed by atoms with E-state index in [-0.39, 0.29) is 17.9 Å². The van der Waals surface area contributed by atoms with Crippen LogP contribution in [0.25, 0.3) is 11.2 Å². The summed E-state index contributed by atoms with van der Waals surface area (Å²) in [6.07, 6.45) is -5.26. The molecule has 10 nitrogen and oxygen atoms in total. The molecule has 2 rings (SSSR count). The van der Waals surface area contributed by atoms with Crippen LogP contribution in [0.1, 0.15) is 6.92 Å². The average Bonchev–Trinajstić information content (AvgIpc) is 2.90. The van der Waals surface area contributed by atoms with Gasteiger partial charge in [0.2, 0.25) is 0 Å². The number of aliphatic carboxylic acids is 1. The first kappa shape index (κ1) is 20.2. The first-order chi connectivity index (χ1) is 11.6. The molecule has 1 unspecified atom stereocenters. The molecule has 2 aromatic heterocycles. The number of alkyl halides is 3. The van der Waals surface area contributed by atoms with Gasteiger partial charge in [0, 0.05) is 7.11 Å². The second-order valence-corrected chi connectivity index (χ2v) is 4.52. The summed E-state index contributed by atoms with van der Waals surface area (Å²) in [6, 6.07) is 0.492. The van der Waals surface area contributed by atoms with Gasteiger partial charge in [0.1, 0.15) is 11.6 Å². The largest absolute Gasteiger partial charge is 0.490 e. The molecule has 0 amide bonds. The van der Waals surface area contributed by atoms with E-state index in [4.69, 9.17) is 29.8 Å². The Morgan fingerprint density at radius 1 is 1.32 bits per heavy atom. The van der Waals surface area contributed by atoms with Crippen molar-refractivity contribution in [1.82, 2.24) is 19.9 Å². The van der Waals surface area contributed by atoms with Crippen molar-refractivity contribution in [2.24, 2.45) is 0 Å². The summed E-state index contributed by atoms with van der Waals surface area (Å²) in [5, 5.41) is 7.12. The number of aromatic amines is 1. The Bertz CT molecular complexity index is 721. The SMILES string of the molecule is COCC(C)Oc1nc(N)c2[nH]c(OC)nc2n1.O=C(O)C(F)(F)F. The smallest absolute Gasteiger partial charge is 0.475 e. The minimum Gasteiger partial charge on any atom is -0.475 e. The summed E-state index contributed by atoms with van der Waals surface area (Å²) >= 11 is 0. The molecule has 4 N–H and O–H groups in total. The van der Waals surface area contributed by atoms with Crippen molar-refractivity contribution >= 4 is 23.0 Å². The molecule has 0 saturated heterocycles. The standard InChI is InChI=1S/C10H15N5O3.C2HF3O2/c1-5(4-16-2)18-10-13-7(11)6-8(15-10)14-9(12-6)17-3;3-2(4,5)1(6)7/h5H,4H2,1-3H3,(H3,11,12,13,14,15);(H,6,7). The van der Waals surface area contributed by atoms with Gasteiger partial charge in [0.25, 0.3) is 6.01 Å². The van der Waals surface area contributed by atoms with Crippen LogP contribution in [0.3, 0.4) is 0 Å². The number of nitrogen functional groups attached to an aromatic ring is 1. The number of ether oxygens (including phenoxy) is 3. The summed E-state index contributed by atoms with van der Waals surface area (Å²) in [5.41, 5.74) is 6.71. The predicted molar refractivity (Wildman–Crippen MR) is 78.3 cm³/mol. The van der Waals surface area contributed by atoms with Crippen molar-refractivity contribution in [3.05, 3.63) is 0 Å².